The van der Waals surface area contributed by atoms with E-state index in [2.05, 4.69) is 73.8 Å². The fourth-order valence-corrected chi connectivity index (χ4v) is 6.48. The van der Waals surface area contributed by atoms with E-state index in [4.69, 9.17) is 8.85 Å². The first-order valence-corrected chi connectivity index (χ1v) is 15.4. The predicted octanol–water partition coefficient (Wildman–Crippen LogP) is 4.93. The summed E-state index contributed by atoms with van der Waals surface area (Å²) in [6, 6.07) is 10.1. The molecule has 25 heavy (non-hydrogen) atoms. The van der Waals surface area contributed by atoms with E-state index in [-0.39, 0.29) is 0 Å². The van der Waals surface area contributed by atoms with Crippen LogP contribution in [-0.4, -0.2) is 50.7 Å². The van der Waals surface area contributed by atoms with Gasteiger partial charge in [-0.1, -0.05) is 19.6 Å². The third kappa shape index (κ3) is 6.44. The Morgan fingerprint density at radius 2 is 1.36 bits per heavy atom. The molecule has 0 aliphatic rings. The summed E-state index contributed by atoms with van der Waals surface area (Å²) in [7, 11) is 0.245. The highest BCUT2D eigenvalue weighted by Crippen LogP contribution is 2.25. The second-order valence-electron chi connectivity index (χ2n) is 7.66. The van der Waals surface area contributed by atoms with Crippen LogP contribution in [0.5, 0.6) is 0 Å². The molecule has 0 aliphatic heterocycles. The molecule has 1 aromatic rings. The predicted molar refractivity (Wildman–Crippen MR) is 116 cm³/mol. The maximum absolute atomic E-state index is 5.59. The first kappa shape index (κ1) is 22.2. The van der Waals surface area contributed by atoms with E-state index >= 15 is 0 Å². The smallest absolute Gasteiger partial charge is 0.334 e. The van der Waals surface area contributed by atoms with E-state index in [1.54, 1.807) is 14.2 Å². The van der Waals surface area contributed by atoms with Gasteiger partial charge < -0.3 is 18.3 Å². The van der Waals surface area contributed by atoms with E-state index in [0.717, 1.165) is 32.1 Å². The van der Waals surface area contributed by atoms with Gasteiger partial charge in [-0.3, -0.25) is 0 Å². The quantitative estimate of drug-likeness (QED) is 0.507. The summed E-state index contributed by atoms with van der Waals surface area (Å²) in [4.78, 5) is 2.44. The highest BCUT2D eigenvalue weighted by atomic mass is 28.4. The average Bonchev–Trinajstić information content (AvgIpc) is 2.59. The standard InChI is InChI=1S/C19H38N2O2Si2/c1-9-20(16-11-17-25(8,22-3)23-4)18-12-14-19(15-13-18)21(10-2)24(5,6)7/h12-15H,9-11,16-17H2,1-8H3. The molecule has 0 atom stereocenters. The molecule has 0 saturated carbocycles. The summed E-state index contributed by atoms with van der Waals surface area (Å²) in [5.74, 6) is 0. The molecule has 0 aromatic heterocycles. The summed E-state index contributed by atoms with van der Waals surface area (Å²) in [5.41, 5.74) is 2.65. The molecule has 0 heterocycles. The monoisotopic (exact) mass is 382 g/mol. The van der Waals surface area contributed by atoms with Gasteiger partial charge in [-0.05, 0) is 57.1 Å². The molecule has 0 radical (unpaired) electrons. The molecule has 0 bridgehead atoms. The lowest BCUT2D eigenvalue weighted by molar-refractivity contribution is 0.248. The van der Waals surface area contributed by atoms with Gasteiger partial charge in [-0.15, -0.1) is 0 Å². The number of nitrogens with zero attached hydrogens (tertiary/aromatic N) is 2. The van der Waals surface area contributed by atoms with Gasteiger partial charge in [-0.25, -0.2) is 0 Å². The Labute approximate surface area is 157 Å². The molecule has 0 aliphatic carbocycles. The zero-order valence-electron chi connectivity index (χ0n) is 17.6. The Bertz CT molecular complexity index is 499. The van der Waals surface area contributed by atoms with Crippen molar-refractivity contribution in [1.82, 2.24) is 0 Å². The molecule has 0 fully saturated rings. The van der Waals surface area contributed by atoms with Crippen LogP contribution in [-0.2, 0) is 8.85 Å². The Hall–Kier alpha value is -0.826. The van der Waals surface area contributed by atoms with Crippen molar-refractivity contribution >= 4 is 28.2 Å². The normalized spacial score (nSPS) is 12.3. The number of hydrogen-bond donors (Lipinski definition) is 0. The van der Waals surface area contributed by atoms with E-state index in [1.165, 1.54) is 11.4 Å². The Balaban J connectivity index is 2.75. The third-order valence-electron chi connectivity index (χ3n) is 4.96. The van der Waals surface area contributed by atoms with Gasteiger partial charge in [0.15, 0.2) is 0 Å². The minimum atomic E-state index is -1.96. The van der Waals surface area contributed by atoms with E-state index in [0.29, 0.717) is 0 Å². The third-order valence-corrected chi connectivity index (χ3v) is 10.1. The summed E-state index contributed by atoms with van der Waals surface area (Å²) >= 11 is 0. The minimum absolute atomic E-state index is 1.02. The van der Waals surface area contributed by atoms with Crippen molar-refractivity contribution in [2.75, 3.05) is 43.3 Å². The topological polar surface area (TPSA) is 24.9 Å². The van der Waals surface area contributed by atoms with Crippen molar-refractivity contribution in [2.24, 2.45) is 0 Å². The summed E-state index contributed by atoms with van der Waals surface area (Å²) in [6.45, 7) is 16.9. The number of hydrogen-bond acceptors (Lipinski definition) is 4. The molecule has 1 rings (SSSR count). The summed E-state index contributed by atoms with van der Waals surface area (Å²) in [5, 5.41) is 0. The second kappa shape index (κ2) is 9.76. The molecule has 0 amide bonds. The van der Waals surface area contributed by atoms with E-state index in [9.17, 15) is 0 Å². The van der Waals surface area contributed by atoms with Gasteiger partial charge in [0.25, 0.3) is 0 Å². The maximum atomic E-state index is 5.59. The first-order valence-electron chi connectivity index (χ1n) is 9.43. The molecular formula is C19H38N2O2Si2. The largest absolute Gasteiger partial charge is 0.398 e. The van der Waals surface area contributed by atoms with E-state index < -0.39 is 16.8 Å². The van der Waals surface area contributed by atoms with Crippen molar-refractivity contribution in [3.63, 3.8) is 0 Å². The molecule has 0 saturated heterocycles. The zero-order chi connectivity index (χ0) is 19.1. The lowest BCUT2D eigenvalue weighted by Gasteiger charge is -2.36. The Morgan fingerprint density at radius 1 is 0.840 bits per heavy atom. The van der Waals surface area contributed by atoms with Gasteiger partial charge in [0.1, 0.15) is 8.24 Å². The molecule has 144 valence electrons. The van der Waals surface area contributed by atoms with Crippen molar-refractivity contribution in [3.05, 3.63) is 24.3 Å². The molecule has 1 aromatic carbocycles. The van der Waals surface area contributed by atoms with Gasteiger partial charge in [0.05, 0.1) is 0 Å². The average molecular weight is 383 g/mol. The molecule has 0 spiro atoms. The second-order valence-corrected chi connectivity index (χ2v) is 16.1. The Kier molecular flexibility index (Phi) is 8.67. The van der Waals surface area contributed by atoms with Crippen LogP contribution in [0.1, 0.15) is 20.3 Å². The van der Waals surface area contributed by atoms with Gasteiger partial charge >= 0.3 is 8.56 Å². The summed E-state index contributed by atoms with van der Waals surface area (Å²) < 4.78 is 13.8. The van der Waals surface area contributed by atoms with Crippen LogP contribution >= 0.6 is 0 Å². The molecule has 0 unspecified atom stereocenters. The van der Waals surface area contributed by atoms with E-state index in [1.807, 2.05) is 0 Å². The SMILES string of the molecule is CCN(CCC[Si](C)(OC)OC)c1ccc(N(CC)[Si](C)(C)C)cc1. The number of benzene rings is 1. The lowest BCUT2D eigenvalue weighted by atomic mass is 10.2. The van der Waals surface area contributed by atoms with Crippen molar-refractivity contribution in [3.8, 4) is 0 Å². The molecular weight excluding hydrogens is 344 g/mol. The fourth-order valence-electron chi connectivity index (χ4n) is 3.24. The molecule has 4 nitrogen and oxygen atoms in total. The van der Waals surface area contributed by atoms with Gasteiger partial charge in [-0.2, -0.15) is 0 Å². The van der Waals surface area contributed by atoms with Crippen LogP contribution in [0, 0.1) is 0 Å². The maximum Gasteiger partial charge on any atom is 0.334 e. The van der Waals surface area contributed by atoms with Gasteiger partial charge in [0.2, 0.25) is 0 Å². The van der Waals surface area contributed by atoms with Crippen LogP contribution in [0.4, 0.5) is 11.4 Å². The van der Waals surface area contributed by atoms with Crippen molar-refractivity contribution in [2.45, 2.75) is 52.5 Å². The lowest BCUT2D eigenvalue weighted by Crippen LogP contribution is -2.46. The van der Waals surface area contributed by atoms with Crippen LogP contribution in [0.15, 0.2) is 24.3 Å². The number of rotatable bonds is 11. The highest BCUT2D eigenvalue weighted by Gasteiger charge is 2.28. The zero-order valence-corrected chi connectivity index (χ0v) is 19.6. The number of anilines is 2. The van der Waals surface area contributed by atoms with Crippen molar-refractivity contribution in [1.29, 1.82) is 0 Å². The van der Waals surface area contributed by atoms with Crippen LogP contribution in [0.2, 0.25) is 32.2 Å². The molecule has 0 N–H and O–H groups in total. The highest BCUT2D eigenvalue weighted by molar-refractivity contribution is 6.79. The molecule has 6 heteroatoms. The van der Waals surface area contributed by atoms with Crippen molar-refractivity contribution < 1.29 is 8.85 Å². The fraction of sp³-hybridized carbons (Fsp3) is 0.684. The van der Waals surface area contributed by atoms with Crippen LogP contribution < -0.4 is 9.47 Å². The summed E-state index contributed by atoms with van der Waals surface area (Å²) in [6.07, 6.45) is 1.09. The minimum Gasteiger partial charge on any atom is -0.398 e. The first-order chi connectivity index (χ1) is 11.7. The van der Waals surface area contributed by atoms with Crippen LogP contribution in [0.3, 0.4) is 0 Å². The van der Waals surface area contributed by atoms with Crippen LogP contribution in [0.25, 0.3) is 0 Å². The van der Waals surface area contributed by atoms with Gasteiger partial charge in [0, 0.05) is 45.2 Å². The Morgan fingerprint density at radius 3 is 1.76 bits per heavy atom.